The van der Waals surface area contributed by atoms with Gasteiger partial charge in [0.05, 0.1) is 27.8 Å². The van der Waals surface area contributed by atoms with Crippen molar-refractivity contribution in [2.45, 2.75) is 153 Å². The minimum atomic E-state index is -4.06. The highest BCUT2D eigenvalue weighted by Gasteiger charge is 2.54. The number of carbonyl (C=O) groups is 4. The first-order valence-corrected chi connectivity index (χ1v) is 23.8. The predicted molar refractivity (Wildman–Crippen MR) is 233 cm³/mol. The summed E-state index contributed by atoms with van der Waals surface area (Å²) in [5.41, 5.74) is -1.17. The van der Waals surface area contributed by atoms with Crippen LogP contribution in [0.25, 0.3) is 10.9 Å². The lowest BCUT2D eigenvalue weighted by Gasteiger charge is -2.37. The normalized spacial score (nSPS) is 27.7. The van der Waals surface area contributed by atoms with Gasteiger partial charge in [-0.2, -0.15) is 0 Å². The number of piperidine rings is 1. The standard InChI is InChI=1S/C45H65N7O9S/c1-9-27(2)45(7,41(55)50-62(57,58)44(6)18-19-44)49-38(53)34-24-30-26-52(34)40(54)37(43(3,4)5)48-42(56)61-35-23-28(35)13-11-10-12-14-31-36(59-29-16-21-51(8)22-17-29)32-25-46-20-15-33(32)47-39(31)60-30/h9,15,20,25,27-30,34-35,37H,1,10-14,16-19,21-24,26H2,2-8H3,(H,48,56)(H,49,53)(H,50,55). The molecule has 2 bridgehead atoms. The third kappa shape index (κ3) is 9.68. The van der Waals surface area contributed by atoms with Crippen LogP contribution in [0.5, 0.6) is 11.6 Å². The van der Waals surface area contributed by atoms with E-state index in [9.17, 15) is 27.6 Å². The number of rotatable bonds is 9. The highest BCUT2D eigenvalue weighted by atomic mass is 32.2. The largest absolute Gasteiger partial charge is 0.489 e. The molecule has 0 aromatic carbocycles. The molecule has 7 unspecified atom stereocenters. The van der Waals surface area contributed by atoms with Crippen LogP contribution in [0.15, 0.2) is 31.1 Å². The molecule has 7 atom stereocenters. The zero-order chi connectivity index (χ0) is 44.8. The van der Waals surface area contributed by atoms with Crippen LogP contribution in [0, 0.1) is 17.3 Å². The molecule has 4 fully saturated rings. The van der Waals surface area contributed by atoms with Gasteiger partial charge in [0, 0.05) is 37.8 Å². The summed E-state index contributed by atoms with van der Waals surface area (Å²) in [6, 6.07) is -0.494. The molecule has 17 heteroatoms. The van der Waals surface area contributed by atoms with E-state index in [4.69, 9.17) is 19.2 Å². The van der Waals surface area contributed by atoms with Crippen molar-refractivity contribution < 1.29 is 41.8 Å². The van der Waals surface area contributed by atoms with Crippen molar-refractivity contribution in [2.24, 2.45) is 17.3 Å². The fourth-order valence-corrected chi connectivity index (χ4v) is 10.1. The maximum atomic E-state index is 14.9. The minimum Gasteiger partial charge on any atom is -0.489 e. The van der Waals surface area contributed by atoms with E-state index in [1.54, 1.807) is 26.2 Å². The van der Waals surface area contributed by atoms with Crippen LogP contribution in [0.4, 0.5) is 4.79 Å². The van der Waals surface area contributed by atoms with Crippen LogP contribution >= 0.6 is 0 Å². The molecule has 2 saturated heterocycles. The number of amides is 4. The number of alkyl carbamates (subject to hydrolysis) is 1. The van der Waals surface area contributed by atoms with Crippen LogP contribution in [0.1, 0.15) is 111 Å². The Morgan fingerprint density at radius 2 is 1.81 bits per heavy atom. The molecule has 5 aliphatic rings. The second-order valence-electron chi connectivity index (χ2n) is 19.8. The van der Waals surface area contributed by atoms with Gasteiger partial charge in [-0.3, -0.25) is 24.1 Å². The Balaban J connectivity index is 1.26. The summed E-state index contributed by atoms with van der Waals surface area (Å²) in [6.45, 7) is 15.7. The van der Waals surface area contributed by atoms with Gasteiger partial charge in [0.2, 0.25) is 27.7 Å². The molecule has 16 nitrogen and oxygen atoms in total. The van der Waals surface area contributed by atoms with Gasteiger partial charge in [0.25, 0.3) is 5.91 Å². The number of nitrogens with zero attached hydrogens (tertiary/aromatic N) is 4. The number of pyridine rings is 2. The third-order valence-corrected chi connectivity index (χ3v) is 16.0. The highest BCUT2D eigenvalue weighted by Crippen LogP contribution is 2.43. The van der Waals surface area contributed by atoms with Gasteiger partial charge in [0.15, 0.2) is 0 Å². The van der Waals surface area contributed by atoms with Crippen LogP contribution in [0.3, 0.4) is 0 Å². The molecule has 0 spiro atoms. The monoisotopic (exact) mass is 879 g/mol. The summed E-state index contributed by atoms with van der Waals surface area (Å²) < 4.78 is 47.2. The molecule has 0 radical (unpaired) electrons. The van der Waals surface area contributed by atoms with Gasteiger partial charge in [-0.1, -0.05) is 46.6 Å². The Hall–Kier alpha value is -4.51. The first-order valence-electron chi connectivity index (χ1n) is 22.3. The third-order valence-electron chi connectivity index (χ3n) is 13.8. The number of carbonyl (C=O) groups excluding carboxylic acids is 4. The molecule has 2 saturated carbocycles. The lowest BCUT2D eigenvalue weighted by molar-refractivity contribution is -0.143. The van der Waals surface area contributed by atoms with E-state index in [1.165, 1.54) is 17.9 Å². The molecular formula is C45H65N7O9S. The fourth-order valence-electron chi connectivity index (χ4n) is 8.76. The van der Waals surface area contributed by atoms with Crippen molar-refractivity contribution >= 4 is 44.7 Å². The van der Waals surface area contributed by atoms with E-state index in [-0.39, 0.29) is 31.1 Å². The molecule has 5 heterocycles. The van der Waals surface area contributed by atoms with Crippen molar-refractivity contribution in [3.05, 3.63) is 36.7 Å². The Morgan fingerprint density at radius 1 is 1.08 bits per heavy atom. The number of hydrogen-bond acceptors (Lipinski definition) is 12. The fraction of sp³-hybridized carbons (Fsp3) is 0.689. The summed E-state index contributed by atoms with van der Waals surface area (Å²) in [6.07, 6.45) is 10.6. The van der Waals surface area contributed by atoms with Crippen LogP contribution in [-0.2, 0) is 35.6 Å². The minimum absolute atomic E-state index is 0.000170. The first kappa shape index (κ1) is 45.5. The summed E-state index contributed by atoms with van der Waals surface area (Å²) in [4.78, 5) is 70.2. The number of nitrogens with one attached hydrogen (secondary N) is 3. The maximum absolute atomic E-state index is 14.9. The summed E-state index contributed by atoms with van der Waals surface area (Å²) >= 11 is 0. The van der Waals surface area contributed by atoms with E-state index in [1.807, 2.05) is 26.8 Å². The summed E-state index contributed by atoms with van der Waals surface area (Å²) in [5.74, 6) is -1.62. The predicted octanol–water partition coefficient (Wildman–Crippen LogP) is 4.79. The van der Waals surface area contributed by atoms with Crippen LogP contribution in [-0.4, -0.2) is 119 Å². The molecule has 3 N–H and O–H groups in total. The van der Waals surface area contributed by atoms with Gasteiger partial charge in [0.1, 0.15) is 41.7 Å². The average molecular weight is 880 g/mol. The molecule has 2 aromatic rings. The number of likely N-dealkylation sites (tertiary alicyclic amines) is 1. The van der Waals surface area contributed by atoms with E-state index >= 15 is 0 Å². The second kappa shape index (κ2) is 17.6. The lowest BCUT2D eigenvalue weighted by Crippen LogP contribution is -2.65. The molecule has 3 aliphatic heterocycles. The van der Waals surface area contributed by atoms with Crippen LogP contribution < -0.4 is 24.8 Å². The summed E-state index contributed by atoms with van der Waals surface area (Å²) in [5, 5.41) is 6.45. The van der Waals surface area contributed by atoms with E-state index < -0.39 is 73.6 Å². The number of ether oxygens (including phenoxy) is 3. The van der Waals surface area contributed by atoms with E-state index in [0.717, 1.165) is 69.0 Å². The van der Waals surface area contributed by atoms with Crippen molar-refractivity contribution in [3.63, 3.8) is 0 Å². The van der Waals surface area contributed by atoms with Crippen molar-refractivity contribution in [2.75, 3.05) is 26.7 Å². The molecule has 7 rings (SSSR count). The average Bonchev–Trinajstić information content (AvgIpc) is 4.11. The van der Waals surface area contributed by atoms with Gasteiger partial charge in [-0.25, -0.2) is 18.2 Å². The molecule has 62 heavy (non-hydrogen) atoms. The maximum Gasteiger partial charge on any atom is 0.408 e. The van der Waals surface area contributed by atoms with E-state index in [2.05, 4.69) is 38.9 Å². The topological polar surface area (TPSA) is 198 Å². The molecule has 2 aliphatic carbocycles. The summed E-state index contributed by atoms with van der Waals surface area (Å²) in [7, 11) is -1.96. The van der Waals surface area contributed by atoms with E-state index in [0.29, 0.717) is 36.4 Å². The number of fused-ring (bicyclic) bond motifs is 5. The zero-order valence-corrected chi connectivity index (χ0v) is 38.1. The number of sulfonamides is 1. The Morgan fingerprint density at radius 3 is 2.48 bits per heavy atom. The van der Waals surface area contributed by atoms with Crippen molar-refractivity contribution in [1.82, 2.24) is 35.1 Å². The Kier molecular flexibility index (Phi) is 12.9. The Bertz CT molecular complexity index is 2170. The highest BCUT2D eigenvalue weighted by molar-refractivity contribution is 7.91. The van der Waals surface area contributed by atoms with Gasteiger partial charge in [-0.15, -0.1) is 6.58 Å². The van der Waals surface area contributed by atoms with Crippen molar-refractivity contribution in [1.29, 1.82) is 0 Å². The molecule has 340 valence electrons. The second-order valence-corrected chi connectivity index (χ2v) is 22.0. The SMILES string of the molecule is C=CC(C)C(C)(NC(=O)C1CC2CN1C(=O)C(C(C)(C)C)NC(=O)OC1CC1CCCCCc1c(nc3ccncc3c1OC1CCN(C)CC1)O2)C(=O)NS(=O)(=O)C1(C)CC1. The van der Waals surface area contributed by atoms with Crippen LogP contribution in [0.2, 0.25) is 0 Å². The first-order chi connectivity index (χ1) is 29.2. The number of hydrogen-bond donors (Lipinski definition) is 3. The number of aromatic nitrogens is 2. The zero-order valence-electron chi connectivity index (χ0n) is 37.3. The quantitative estimate of drug-likeness (QED) is 0.292. The van der Waals surface area contributed by atoms with Crippen molar-refractivity contribution in [3.8, 4) is 11.6 Å². The van der Waals surface area contributed by atoms with Gasteiger partial charge >= 0.3 is 6.09 Å². The molecular weight excluding hydrogens is 815 g/mol. The lowest BCUT2D eigenvalue weighted by atomic mass is 9.85. The van der Waals surface area contributed by atoms with Gasteiger partial charge in [-0.05, 0) is 89.7 Å². The molecule has 4 amide bonds. The molecule has 2 aromatic heterocycles. The van der Waals surface area contributed by atoms with Gasteiger partial charge < -0.3 is 34.6 Å². The Labute approximate surface area is 365 Å². The smallest absolute Gasteiger partial charge is 0.408 e.